The SMILES string of the molecule is CC1Oc2c(C(=O)N(C)C(C)c3nc4ccccc4s3)cccc2C1C. The first kappa shape index (κ1) is 17.0. The molecule has 0 fully saturated rings. The normalized spacial score (nSPS) is 19.8. The van der Waals surface area contributed by atoms with Crippen LogP contribution in [-0.2, 0) is 0 Å². The molecule has 0 spiro atoms. The molecule has 5 heteroatoms. The molecule has 0 radical (unpaired) electrons. The second-order valence-electron chi connectivity index (χ2n) is 6.95. The summed E-state index contributed by atoms with van der Waals surface area (Å²) in [7, 11) is 1.83. The van der Waals surface area contributed by atoms with Crippen LogP contribution in [0.4, 0.5) is 0 Å². The van der Waals surface area contributed by atoms with Crippen molar-refractivity contribution in [3.63, 3.8) is 0 Å². The molecule has 0 bridgehead atoms. The molecule has 1 amide bonds. The topological polar surface area (TPSA) is 42.4 Å². The van der Waals surface area contributed by atoms with Gasteiger partial charge in [-0.05, 0) is 32.0 Å². The van der Waals surface area contributed by atoms with Crippen LogP contribution < -0.4 is 4.74 Å². The van der Waals surface area contributed by atoms with Gasteiger partial charge in [0.1, 0.15) is 16.9 Å². The standard InChI is InChI=1S/C21H22N2O2S/c1-12-14(3)25-19-15(12)8-7-9-16(19)21(24)23(4)13(2)20-22-17-10-5-6-11-18(17)26-20/h5-14H,1-4H3. The summed E-state index contributed by atoms with van der Waals surface area (Å²) >= 11 is 1.64. The summed E-state index contributed by atoms with van der Waals surface area (Å²) in [5.41, 5.74) is 2.73. The maximum Gasteiger partial charge on any atom is 0.257 e. The zero-order valence-electron chi connectivity index (χ0n) is 15.4. The molecule has 26 heavy (non-hydrogen) atoms. The molecule has 0 N–H and O–H groups in total. The monoisotopic (exact) mass is 366 g/mol. The average Bonchev–Trinajstić information content (AvgIpc) is 3.21. The Bertz CT molecular complexity index is 948. The van der Waals surface area contributed by atoms with Crippen molar-refractivity contribution >= 4 is 27.5 Å². The highest BCUT2D eigenvalue weighted by Gasteiger charge is 2.33. The quantitative estimate of drug-likeness (QED) is 0.654. The highest BCUT2D eigenvalue weighted by atomic mass is 32.1. The number of rotatable bonds is 3. The molecule has 3 aromatic rings. The minimum Gasteiger partial charge on any atom is -0.489 e. The summed E-state index contributed by atoms with van der Waals surface area (Å²) in [6, 6.07) is 13.8. The van der Waals surface area contributed by atoms with E-state index in [1.165, 1.54) is 0 Å². The van der Waals surface area contributed by atoms with E-state index in [1.54, 1.807) is 16.2 Å². The lowest BCUT2D eigenvalue weighted by Crippen LogP contribution is -2.30. The van der Waals surface area contributed by atoms with E-state index in [4.69, 9.17) is 9.72 Å². The van der Waals surface area contributed by atoms with Gasteiger partial charge in [-0.3, -0.25) is 4.79 Å². The summed E-state index contributed by atoms with van der Waals surface area (Å²) in [6.07, 6.45) is 0.0888. The number of carbonyl (C=O) groups excluding carboxylic acids is 1. The van der Waals surface area contributed by atoms with Crippen molar-refractivity contribution in [3.05, 3.63) is 58.6 Å². The molecule has 3 atom stereocenters. The number of ether oxygens (including phenoxy) is 1. The number of benzene rings is 2. The molecule has 0 aliphatic carbocycles. The first-order valence-corrected chi connectivity index (χ1v) is 9.71. The smallest absolute Gasteiger partial charge is 0.257 e. The van der Waals surface area contributed by atoms with Gasteiger partial charge in [0.05, 0.1) is 21.8 Å². The van der Waals surface area contributed by atoms with E-state index < -0.39 is 0 Å². The number of aromatic nitrogens is 1. The Morgan fingerprint density at radius 2 is 1.96 bits per heavy atom. The van der Waals surface area contributed by atoms with Gasteiger partial charge >= 0.3 is 0 Å². The zero-order chi connectivity index (χ0) is 18.4. The van der Waals surface area contributed by atoms with Gasteiger partial charge in [0.15, 0.2) is 0 Å². The summed E-state index contributed by atoms with van der Waals surface area (Å²) in [4.78, 5) is 19.6. The van der Waals surface area contributed by atoms with Gasteiger partial charge in [0, 0.05) is 18.5 Å². The molecule has 4 rings (SSSR count). The summed E-state index contributed by atoms with van der Waals surface area (Å²) in [5, 5.41) is 0.942. The number of hydrogen-bond donors (Lipinski definition) is 0. The fourth-order valence-corrected chi connectivity index (χ4v) is 4.42. The highest BCUT2D eigenvalue weighted by Crippen LogP contribution is 2.41. The third-order valence-corrected chi connectivity index (χ3v) is 6.55. The van der Waals surface area contributed by atoms with Crippen LogP contribution in [0.2, 0.25) is 0 Å². The first-order valence-electron chi connectivity index (χ1n) is 8.89. The van der Waals surface area contributed by atoms with E-state index in [-0.39, 0.29) is 18.1 Å². The molecule has 3 unspecified atom stereocenters. The molecular weight excluding hydrogens is 344 g/mol. The highest BCUT2D eigenvalue weighted by molar-refractivity contribution is 7.18. The molecule has 1 aliphatic heterocycles. The lowest BCUT2D eigenvalue weighted by molar-refractivity contribution is 0.0737. The number of para-hydroxylation sites is 2. The predicted molar refractivity (Wildman–Crippen MR) is 105 cm³/mol. The number of thiazole rings is 1. The fraction of sp³-hybridized carbons (Fsp3) is 0.333. The van der Waals surface area contributed by atoms with Gasteiger partial charge in [0.25, 0.3) is 5.91 Å². The van der Waals surface area contributed by atoms with E-state index >= 15 is 0 Å². The maximum absolute atomic E-state index is 13.2. The van der Waals surface area contributed by atoms with Gasteiger partial charge in [-0.1, -0.05) is 31.2 Å². The van der Waals surface area contributed by atoms with Crippen LogP contribution in [0.25, 0.3) is 10.2 Å². The molecule has 134 valence electrons. The van der Waals surface area contributed by atoms with Crippen LogP contribution in [0.15, 0.2) is 42.5 Å². The maximum atomic E-state index is 13.2. The van der Waals surface area contributed by atoms with Crippen LogP contribution >= 0.6 is 11.3 Å². The van der Waals surface area contributed by atoms with Crippen LogP contribution in [0.3, 0.4) is 0 Å². The Hall–Kier alpha value is -2.40. The third-order valence-electron chi connectivity index (χ3n) is 5.34. The van der Waals surface area contributed by atoms with Gasteiger partial charge in [0.2, 0.25) is 0 Å². The second-order valence-corrected chi connectivity index (χ2v) is 8.01. The molecule has 0 saturated carbocycles. The Labute approximate surface area is 157 Å². The largest absolute Gasteiger partial charge is 0.489 e. The minimum absolute atomic E-state index is 0.0325. The second kappa shape index (κ2) is 6.40. The summed E-state index contributed by atoms with van der Waals surface area (Å²) in [5.74, 6) is 1.00. The Morgan fingerprint density at radius 3 is 2.73 bits per heavy atom. The number of nitrogens with zero attached hydrogens (tertiary/aromatic N) is 2. The van der Waals surface area contributed by atoms with E-state index in [1.807, 2.05) is 51.2 Å². The third kappa shape index (κ3) is 2.67. The predicted octanol–water partition coefficient (Wildman–Crippen LogP) is 5.01. The van der Waals surface area contributed by atoms with Crippen LogP contribution in [0.5, 0.6) is 5.75 Å². The Balaban J connectivity index is 1.64. The van der Waals surface area contributed by atoms with Crippen molar-refractivity contribution in [2.24, 2.45) is 0 Å². The van der Waals surface area contributed by atoms with Crippen molar-refractivity contribution in [1.82, 2.24) is 9.88 Å². The summed E-state index contributed by atoms with van der Waals surface area (Å²) < 4.78 is 7.13. The number of hydrogen-bond acceptors (Lipinski definition) is 4. The van der Waals surface area contributed by atoms with E-state index in [0.717, 1.165) is 26.5 Å². The number of fused-ring (bicyclic) bond motifs is 2. The van der Waals surface area contributed by atoms with Crippen molar-refractivity contribution in [1.29, 1.82) is 0 Å². The van der Waals surface area contributed by atoms with Crippen molar-refractivity contribution in [3.8, 4) is 5.75 Å². The van der Waals surface area contributed by atoms with Crippen molar-refractivity contribution in [2.45, 2.75) is 38.8 Å². The Morgan fingerprint density at radius 1 is 1.19 bits per heavy atom. The van der Waals surface area contributed by atoms with E-state index in [2.05, 4.69) is 19.1 Å². The average molecular weight is 366 g/mol. The molecule has 2 aromatic carbocycles. The van der Waals surface area contributed by atoms with Gasteiger partial charge in [-0.15, -0.1) is 11.3 Å². The van der Waals surface area contributed by atoms with Gasteiger partial charge < -0.3 is 9.64 Å². The van der Waals surface area contributed by atoms with Gasteiger partial charge in [-0.25, -0.2) is 4.98 Å². The zero-order valence-corrected chi connectivity index (χ0v) is 16.2. The molecule has 2 heterocycles. The summed E-state index contributed by atoms with van der Waals surface area (Å²) in [6.45, 7) is 6.20. The van der Waals surface area contributed by atoms with Crippen molar-refractivity contribution < 1.29 is 9.53 Å². The molecular formula is C21H22N2O2S. The lowest BCUT2D eigenvalue weighted by atomic mass is 9.96. The number of carbonyl (C=O) groups is 1. The fourth-order valence-electron chi connectivity index (χ4n) is 3.35. The van der Waals surface area contributed by atoms with Gasteiger partial charge in [-0.2, -0.15) is 0 Å². The molecule has 0 saturated heterocycles. The van der Waals surface area contributed by atoms with Crippen LogP contribution in [0.1, 0.15) is 53.7 Å². The lowest BCUT2D eigenvalue weighted by Gasteiger charge is -2.24. The minimum atomic E-state index is -0.105. The van der Waals surface area contributed by atoms with E-state index in [0.29, 0.717) is 11.5 Å². The van der Waals surface area contributed by atoms with E-state index in [9.17, 15) is 4.79 Å². The van der Waals surface area contributed by atoms with Crippen LogP contribution in [0, 0.1) is 0 Å². The Kier molecular flexibility index (Phi) is 4.19. The molecule has 1 aromatic heterocycles. The van der Waals surface area contributed by atoms with Crippen LogP contribution in [-0.4, -0.2) is 28.9 Å². The first-order chi connectivity index (χ1) is 12.5. The number of amides is 1. The van der Waals surface area contributed by atoms with Crippen molar-refractivity contribution in [2.75, 3.05) is 7.05 Å². The molecule has 1 aliphatic rings. The molecule has 4 nitrogen and oxygen atoms in total.